The van der Waals surface area contributed by atoms with E-state index >= 15 is 0 Å². The van der Waals surface area contributed by atoms with E-state index < -0.39 is 0 Å². The minimum atomic E-state index is -0.111. The molecular formula is C13H16BrClN2O. The molecule has 1 heterocycles. The van der Waals surface area contributed by atoms with Crippen LogP contribution in [-0.2, 0) is 0 Å². The van der Waals surface area contributed by atoms with Crippen LogP contribution in [0, 0.1) is 0 Å². The first-order chi connectivity index (χ1) is 8.68. The van der Waals surface area contributed by atoms with Gasteiger partial charge in [0.05, 0.1) is 10.6 Å². The van der Waals surface area contributed by atoms with Crippen molar-refractivity contribution in [3.8, 4) is 0 Å². The molecule has 1 aromatic rings. The van der Waals surface area contributed by atoms with Gasteiger partial charge in [-0.3, -0.25) is 4.79 Å². The molecule has 3 nitrogen and oxygen atoms in total. The molecule has 5 heteroatoms. The number of likely N-dealkylation sites (tertiary alicyclic amines) is 1. The van der Waals surface area contributed by atoms with E-state index in [4.69, 9.17) is 11.6 Å². The summed E-state index contributed by atoms with van der Waals surface area (Å²) < 4.78 is 0.747. The number of amides is 1. The molecule has 0 aliphatic carbocycles. The van der Waals surface area contributed by atoms with Gasteiger partial charge in [0.1, 0.15) is 0 Å². The molecule has 2 rings (SSSR count). The summed E-state index contributed by atoms with van der Waals surface area (Å²) in [5.41, 5.74) is 0.521. The lowest BCUT2D eigenvalue weighted by molar-refractivity contribution is 0.0950. The van der Waals surface area contributed by atoms with E-state index in [2.05, 4.69) is 26.1 Å². The smallest absolute Gasteiger partial charge is 0.252 e. The van der Waals surface area contributed by atoms with Crippen molar-refractivity contribution in [3.63, 3.8) is 0 Å². The first-order valence-electron chi connectivity index (χ1n) is 6.13. The molecule has 0 spiro atoms. The van der Waals surface area contributed by atoms with Gasteiger partial charge in [-0.05, 0) is 54.0 Å². The topological polar surface area (TPSA) is 32.3 Å². The van der Waals surface area contributed by atoms with E-state index in [-0.39, 0.29) is 5.91 Å². The van der Waals surface area contributed by atoms with Gasteiger partial charge < -0.3 is 10.2 Å². The molecule has 0 bridgehead atoms. The third kappa shape index (κ3) is 3.46. The lowest BCUT2D eigenvalue weighted by Gasteiger charge is -2.15. The van der Waals surface area contributed by atoms with Gasteiger partial charge in [-0.2, -0.15) is 0 Å². The highest BCUT2D eigenvalue weighted by Crippen LogP contribution is 2.25. The molecule has 18 heavy (non-hydrogen) atoms. The minimum absolute atomic E-state index is 0.111. The molecule has 1 N–H and O–H groups in total. The summed E-state index contributed by atoms with van der Waals surface area (Å²) in [6, 6.07) is 5.37. The van der Waals surface area contributed by atoms with Gasteiger partial charge in [-0.25, -0.2) is 0 Å². The molecule has 1 saturated heterocycles. The van der Waals surface area contributed by atoms with E-state index in [1.165, 1.54) is 12.8 Å². The second-order valence-corrected chi connectivity index (χ2v) is 5.64. The molecule has 1 amide bonds. The third-order valence-corrected chi connectivity index (χ3v) is 4.40. The molecule has 1 aliphatic heterocycles. The first-order valence-corrected chi connectivity index (χ1v) is 7.30. The molecule has 0 aromatic heterocycles. The van der Waals surface area contributed by atoms with Crippen LogP contribution in [0.3, 0.4) is 0 Å². The Morgan fingerprint density at radius 3 is 2.83 bits per heavy atom. The van der Waals surface area contributed by atoms with Crippen molar-refractivity contribution in [3.05, 3.63) is 33.3 Å². The summed E-state index contributed by atoms with van der Waals surface area (Å²) in [5, 5.41) is 3.38. The summed E-state index contributed by atoms with van der Waals surface area (Å²) >= 11 is 9.39. The van der Waals surface area contributed by atoms with Gasteiger partial charge in [-0.15, -0.1) is 0 Å². The summed E-state index contributed by atoms with van der Waals surface area (Å²) in [5.74, 6) is -0.111. The van der Waals surface area contributed by atoms with Crippen molar-refractivity contribution in [1.29, 1.82) is 0 Å². The molecule has 0 unspecified atom stereocenters. The molecule has 98 valence electrons. The van der Waals surface area contributed by atoms with Gasteiger partial charge >= 0.3 is 0 Å². The minimum Gasteiger partial charge on any atom is -0.351 e. The fourth-order valence-electron chi connectivity index (χ4n) is 2.11. The van der Waals surface area contributed by atoms with Crippen LogP contribution in [0.15, 0.2) is 22.7 Å². The van der Waals surface area contributed by atoms with Crippen LogP contribution in [0.5, 0.6) is 0 Å². The Bertz CT molecular complexity index is 433. The normalized spacial score (nSPS) is 15.9. The second-order valence-electron chi connectivity index (χ2n) is 4.41. The Morgan fingerprint density at radius 1 is 1.39 bits per heavy atom. The predicted octanol–water partition coefficient (Wildman–Crippen LogP) is 2.93. The first kappa shape index (κ1) is 13.8. The largest absolute Gasteiger partial charge is 0.351 e. The van der Waals surface area contributed by atoms with Crippen LogP contribution >= 0.6 is 27.5 Å². The lowest BCUT2D eigenvalue weighted by Crippen LogP contribution is -2.33. The monoisotopic (exact) mass is 330 g/mol. The second kappa shape index (κ2) is 6.55. The maximum Gasteiger partial charge on any atom is 0.252 e. The number of nitrogens with one attached hydrogen (secondary N) is 1. The Hall–Kier alpha value is -0.580. The Labute approximate surface area is 121 Å². The van der Waals surface area contributed by atoms with E-state index in [1.807, 2.05) is 12.1 Å². The number of carbonyl (C=O) groups is 1. The van der Waals surface area contributed by atoms with E-state index in [0.717, 1.165) is 24.1 Å². The van der Waals surface area contributed by atoms with Crippen LogP contribution in [0.4, 0.5) is 0 Å². The number of nitrogens with zero attached hydrogens (tertiary/aromatic N) is 1. The zero-order valence-corrected chi connectivity index (χ0v) is 12.4. The van der Waals surface area contributed by atoms with Crippen molar-refractivity contribution in [1.82, 2.24) is 10.2 Å². The number of halogens is 2. The van der Waals surface area contributed by atoms with E-state index in [0.29, 0.717) is 17.1 Å². The average molecular weight is 332 g/mol. The molecule has 1 fully saturated rings. The van der Waals surface area contributed by atoms with Gasteiger partial charge in [0.2, 0.25) is 0 Å². The molecule has 0 radical (unpaired) electrons. The predicted molar refractivity (Wildman–Crippen MR) is 77.2 cm³/mol. The van der Waals surface area contributed by atoms with Gasteiger partial charge in [0.15, 0.2) is 0 Å². The molecular weight excluding hydrogens is 316 g/mol. The number of rotatable bonds is 4. The van der Waals surface area contributed by atoms with Crippen molar-refractivity contribution in [2.45, 2.75) is 12.8 Å². The summed E-state index contributed by atoms with van der Waals surface area (Å²) in [4.78, 5) is 14.3. The van der Waals surface area contributed by atoms with Crippen LogP contribution < -0.4 is 5.32 Å². The zero-order valence-electron chi connectivity index (χ0n) is 10.1. The standard InChI is InChI=1S/C13H16BrClN2O/c14-11-5-3-4-10(12(11)15)13(18)16-6-9-17-7-1-2-8-17/h3-5H,1-2,6-9H2,(H,16,18). The maximum absolute atomic E-state index is 12.0. The zero-order chi connectivity index (χ0) is 13.0. The number of hydrogen-bond donors (Lipinski definition) is 1. The number of benzene rings is 1. The molecule has 0 atom stereocenters. The molecule has 1 aromatic carbocycles. The Balaban J connectivity index is 1.85. The summed E-state index contributed by atoms with van der Waals surface area (Å²) in [7, 11) is 0. The molecule has 1 aliphatic rings. The quantitative estimate of drug-likeness (QED) is 0.920. The highest BCUT2D eigenvalue weighted by molar-refractivity contribution is 9.10. The van der Waals surface area contributed by atoms with Crippen molar-refractivity contribution >= 4 is 33.4 Å². The Morgan fingerprint density at radius 2 is 2.11 bits per heavy atom. The Kier molecular flexibility index (Phi) is 5.03. The van der Waals surface area contributed by atoms with Gasteiger partial charge in [-0.1, -0.05) is 17.7 Å². The fraction of sp³-hybridized carbons (Fsp3) is 0.462. The van der Waals surface area contributed by atoms with Crippen molar-refractivity contribution < 1.29 is 4.79 Å². The van der Waals surface area contributed by atoms with Crippen LogP contribution in [0.2, 0.25) is 5.02 Å². The van der Waals surface area contributed by atoms with E-state index in [9.17, 15) is 4.79 Å². The highest BCUT2D eigenvalue weighted by atomic mass is 79.9. The highest BCUT2D eigenvalue weighted by Gasteiger charge is 2.14. The maximum atomic E-state index is 12.0. The van der Waals surface area contributed by atoms with Crippen LogP contribution in [-0.4, -0.2) is 37.0 Å². The summed E-state index contributed by atoms with van der Waals surface area (Å²) in [6.45, 7) is 3.88. The molecule has 0 saturated carbocycles. The SMILES string of the molecule is O=C(NCCN1CCCC1)c1cccc(Br)c1Cl. The van der Waals surface area contributed by atoms with Gasteiger partial charge in [0, 0.05) is 17.6 Å². The lowest BCUT2D eigenvalue weighted by atomic mass is 10.2. The van der Waals surface area contributed by atoms with Crippen LogP contribution in [0.1, 0.15) is 23.2 Å². The van der Waals surface area contributed by atoms with Crippen molar-refractivity contribution in [2.24, 2.45) is 0 Å². The number of hydrogen-bond acceptors (Lipinski definition) is 2. The van der Waals surface area contributed by atoms with Crippen molar-refractivity contribution in [2.75, 3.05) is 26.2 Å². The average Bonchev–Trinajstić information content (AvgIpc) is 2.85. The fourth-order valence-corrected chi connectivity index (χ4v) is 2.69. The number of carbonyl (C=O) groups excluding carboxylic acids is 1. The summed E-state index contributed by atoms with van der Waals surface area (Å²) in [6.07, 6.45) is 2.54. The third-order valence-electron chi connectivity index (χ3n) is 3.11. The van der Waals surface area contributed by atoms with Crippen LogP contribution in [0.25, 0.3) is 0 Å². The van der Waals surface area contributed by atoms with Gasteiger partial charge in [0.25, 0.3) is 5.91 Å². The van der Waals surface area contributed by atoms with E-state index in [1.54, 1.807) is 6.07 Å².